The Bertz CT molecular complexity index is 766. The maximum Gasteiger partial charge on any atom is 0.263 e. The highest BCUT2D eigenvalue weighted by atomic mass is 32.1. The van der Waals surface area contributed by atoms with Crippen molar-refractivity contribution in [2.24, 2.45) is 0 Å². The van der Waals surface area contributed by atoms with E-state index in [1.165, 1.54) is 11.3 Å². The summed E-state index contributed by atoms with van der Waals surface area (Å²) in [5.74, 6) is 0.825. The minimum atomic E-state index is -0.174. The lowest BCUT2D eigenvalue weighted by atomic mass is 9.73. The highest BCUT2D eigenvalue weighted by Crippen LogP contribution is 2.39. The average molecular weight is 375 g/mol. The molecule has 1 aromatic heterocycles. The molecule has 1 aliphatic heterocycles. The molecule has 0 bridgehead atoms. The first kappa shape index (κ1) is 18.9. The molecule has 0 atom stereocenters. The molecule has 26 heavy (non-hydrogen) atoms. The Morgan fingerprint density at radius 3 is 2.73 bits per heavy atom. The van der Waals surface area contributed by atoms with Crippen LogP contribution in [-0.2, 0) is 16.6 Å². The molecule has 0 spiro atoms. The molecule has 1 aromatic carbocycles. The number of rotatable bonds is 6. The fourth-order valence-electron chi connectivity index (χ4n) is 3.53. The predicted molar refractivity (Wildman–Crippen MR) is 103 cm³/mol. The number of carbonyl (C=O) groups excluding carboxylic acids is 1. The molecule has 5 nitrogen and oxygen atoms in total. The maximum atomic E-state index is 12.8. The van der Waals surface area contributed by atoms with Crippen LogP contribution < -0.4 is 10.1 Å². The zero-order valence-electron chi connectivity index (χ0n) is 15.6. The third-order valence-corrected chi connectivity index (χ3v) is 6.37. The Kier molecular flexibility index (Phi) is 5.94. The summed E-state index contributed by atoms with van der Waals surface area (Å²) in [7, 11) is 1.69. The van der Waals surface area contributed by atoms with Gasteiger partial charge in [0.25, 0.3) is 5.91 Å². The van der Waals surface area contributed by atoms with E-state index in [2.05, 4.69) is 23.3 Å². The highest BCUT2D eigenvalue weighted by Gasteiger charge is 2.37. The number of ether oxygens (including phenoxy) is 2. The van der Waals surface area contributed by atoms with E-state index >= 15 is 0 Å². The van der Waals surface area contributed by atoms with Gasteiger partial charge in [-0.2, -0.15) is 0 Å². The Morgan fingerprint density at radius 2 is 2.08 bits per heavy atom. The van der Waals surface area contributed by atoms with Gasteiger partial charge in [-0.3, -0.25) is 4.79 Å². The molecule has 0 saturated carbocycles. The summed E-state index contributed by atoms with van der Waals surface area (Å²) < 4.78 is 11.2. The van der Waals surface area contributed by atoms with Gasteiger partial charge >= 0.3 is 0 Å². The molecule has 1 saturated heterocycles. The van der Waals surface area contributed by atoms with Gasteiger partial charge in [0.15, 0.2) is 0 Å². The smallest absolute Gasteiger partial charge is 0.263 e. The number of amides is 1. The fourth-order valence-corrected chi connectivity index (χ4v) is 4.45. The summed E-state index contributed by atoms with van der Waals surface area (Å²) in [5, 5.41) is 4.16. The lowest BCUT2D eigenvalue weighted by molar-refractivity contribution is 0.0479. The van der Waals surface area contributed by atoms with Crippen molar-refractivity contribution in [1.82, 2.24) is 10.3 Å². The van der Waals surface area contributed by atoms with Crippen LogP contribution in [0.3, 0.4) is 0 Å². The van der Waals surface area contributed by atoms with Gasteiger partial charge < -0.3 is 14.8 Å². The molecule has 2 aromatic rings. The van der Waals surface area contributed by atoms with Crippen molar-refractivity contribution in [2.45, 2.75) is 38.5 Å². The fraction of sp³-hybridized carbons (Fsp3) is 0.500. The summed E-state index contributed by atoms with van der Waals surface area (Å²) in [6, 6.07) is 8.08. The molecule has 6 heteroatoms. The normalized spacial score (nSPS) is 16.3. The zero-order valence-corrected chi connectivity index (χ0v) is 16.4. The van der Waals surface area contributed by atoms with E-state index in [1.807, 2.05) is 25.1 Å². The minimum Gasteiger partial charge on any atom is -0.496 e. The van der Waals surface area contributed by atoms with Crippen LogP contribution in [0.1, 0.15) is 45.7 Å². The standard InChI is InChI=1S/C20H26N2O3S/c1-4-17-22-14(2)18(26-17)19(23)21-13-20(9-11-25-12-10-20)15-7-5-6-8-16(15)24-3/h5-8H,4,9-13H2,1-3H3,(H,21,23). The van der Waals surface area contributed by atoms with Gasteiger partial charge in [0.1, 0.15) is 10.6 Å². The van der Waals surface area contributed by atoms with Crippen molar-refractivity contribution < 1.29 is 14.3 Å². The first-order valence-corrected chi connectivity index (χ1v) is 9.87. The number of carbonyl (C=O) groups is 1. The second kappa shape index (κ2) is 8.18. The number of aromatic nitrogens is 1. The molecule has 2 heterocycles. The van der Waals surface area contributed by atoms with Crippen LogP contribution in [0.4, 0.5) is 0 Å². The zero-order chi connectivity index (χ0) is 18.6. The summed E-state index contributed by atoms with van der Waals surface area (Å²) >= 11 is 1.48. The molecule has 1 N–H and O–H groups in total. The van der Waals surface area contributed by atoms with E-state index in [-0.39, 0.29) is 11.3 Å². The maximum absolute atomic E-state index is 12.8. The number of nitrogens with one attached hydrogen (secondary N) is 1. The van der Waals surface area contributed by atoms with Crippen molar-refractivity contribution in [3.63, 3.8) is 0 Å². The third kappa shape index (κ3) is 3.76. The van der Waals surface area contributed by atoms with Gasteiger partial charge in [0.2, 0.25) is 0 Å². The lowest BCUT2D eigenvalue weighted by Crippen LogP contribution is -2.44. The molecular formula is C20H26N2O3S. The van der Waals surface area contributed by atoms with Crippen LogP contribution in [0, 0.1) is 6.92 Å². The van der Waals surface area contributed by atoms with Crippen molar-refractivity contribution in [3.8, 4) is 5.75 Å². The van der Waals surface area contributed by atoms with Crippen molar-refractivity contribution in [2.75, 3.05) is 26.9 Å². The first-order chi connectivity index (χ1) is 12.6. The molecule has 0 radical (unpaired) electrons. The highest BCUT2D eigenvalue weighted by molar-refractivity contribution is 7.13. The van der Waals surface area contributed by atoms with Crippen LogP contribution in [-0.4, -0.2) is 37.8 Å². The van der Waals surface area contributed by atoms with Gasteiger partial charge in [-0.1, -0.05) is 25.1 Å². The van der Waals surface area contributed by atoms with Gasteiger partial charge in [0, 0.05) is 30.7 Å². The lowest BCUT2D eigenvalue weighted by Gasteiger charge is -2.38. The largest absolute Gasteiger partial charge is 0.496 e. The first-order valence-electron chi connectivity index (χ1n) is 9.05. The molecule has 0 unspecified atom stereocenters. The summed E-state index contributed by atoms with van der Waals surface area (Å²) in [6.45, 7) is 5.89. The van der Waals surface area contributed by atoms with Crippen LogP contribution in [0.5, 0.6) is 5.75 Å². The van der Waals surface area contributed by atoms with Gasteiger partial charge in [0.05, 0.1) is 17.8 Å². The van der Waals surface area contributed by atoms with Gasteiger partial charge in [-0.25, -0.2) is 4.98 Å². The number of para-hydroxylation sites is 1. The number of hydrogen-bond donors (Lipinski definition) is 1. The molecule has 0 aliphatic carbocycles. The van der Waals surface area contributed by atoms with Gasteiger partial charge in [-0.15, -0.1) is 11.3 Å². The molecule has 1 fully saturated rings. The topological polar surface area (TPSA) is 60.5 Å². The Balaban J connectivity index is 1.83. The molecular weight excluding hydrogens is 348 g/mol. The Labute approximate surface area is 158 Å². The third-order valence-electron chi connectivity index (χ3n) is 5.07. The van der Waals surface area contributed by atoms with E-state index in [4.69, 9.17) is 9.47 Å². The number of aryl methyl sites for hydroxylation is 2. The van der Waals surface area contributed by atoms with Crippen molar-refractivity contribution in [1.29, 1.82) is 0 Å². The Morgan fingerprint density at radius 1 is 1.35 bits per heavy atom. The van der Waals surface area contributed by atoms with E-state index in [0.29, 0.717) is 24.6 Å². The van der Waals surface area contributed by atoms with Crippen LogP contribution >= 0.6 is 11.3 Å². The predicted octanol–water partition coefficient (Wildman–Crippen LogP) is 3.50. The summed E-state index contributed by atoms with van der Waals surface area (Å²) in [4.78, 5) is 17.9. The van der Waals surface area contributed by atoms with E-state index in [1.54, 1.807) is 7.11 Å². The minimum absolute atomic E-state index is 0.0412. The second-order valence-electron chi connectivity index (χ2n) is 6.65. The van der Waals surface area contributed by atoms with Crippen LogP contribution in [0.2, 0.25) is 0 Å². The SMILES string of the molecule is CCc1nc(C)c(C(=O)NCC2(c3ccccc3OC)CCOCC2)s1. The van der Waals surface area contributed by atoms with E-state index in [0.717, 1.165) is 41.3 Å². The van der Waals surface area contributed by atoms with Crippen molar-refractivity contribution >= 4 is 17.2 Å². The quantitative estimate of drug-likeness (QED) is 0.841. The number of hydrogen-bond acceptors (Lipinski definition) is 5. The van der Waals surface area contributed by atoms with E-state index in [9.17, 15) is 4.79 Å². The van der Waals surface area contributed by atoms with E-state index < -0.39 is 0 Å². The second-order valence-corrected chi connectivity index (χ2v) is 7.73. The number of thiazole rings is 1. The number of methoxy groups -OCH3 is 1. The summed E-state index contributed by atoms with van der Waals surface area (Å²) in [6.07, 6.45) is 2.56. The van der Waals surface area contributed by atoms with Crippen LogP contribution in [0.25, 0.3) is 0 Å². The summed E-state index contributed by atoms with van der Waals surface area (Å²) in [5.41, 5.74) is 1.77. The average Bonchev–Trinajstić information content (AvgIpc) is 3.07. The Hall–Kier alpha value is -1.92. The monoisotopic (exact) mass is 374 g/mol. The molecule has 3 rings (SSSR count). The number of benzene rings is 1. The van der Waals surface area contributed by atoms with Gasteiger partial charge in [-0.05, 0) is 32.3 Å². The molecule has 140 valence electrons. The van der Waals surface area contributed by atoms with Crippen LogP contribution in [0.15, 0.2) is 24.3 Å². The molecule has 1 amide bonds. The number of nitrogens with zero attached hydrogens (tertiary/aromatic N) is 1. The van der Waals surface area contributed by atoms with Crippen molar-refractivity contribution in [3.05, 3.63) is 45.4 Å². The molecule has 1 aliphatic rings.